The van der Waals surface area contributed by atoms with E-state index in [0.29, 0.717) is 16.6 Å². The molecule has 1 saturated heterocycles. The molecule has 1 atom stereocenters. The van der Waals surface area contributed by atoms with Crippen LogP contribution in [0.15, 0.2) is 0 Å². The lowest BCUT2D eigenvalue weighted by Gasteiger charge is -2.42. The van der Waals surface area contributed by atoms with Crippen LogP contribution in [-0.2, 0) is 13.9 Å². The molecule has 1 aliphatic heterocycles. The normalized spacial score (nSPS) is 20.3. The van der Waals surface area contributed by atoms with Crippen LogP contribution in [0.4, 0.5) is 0 Å². The molecule has 1 aliphatic rings. The molecule has 3 nitrogen and oxygen atoms in total. The minimum Gasteiger partial charge on any atom is -0.416 e. The molecule has 0 aliphatic carbocycles. The molecule has 4 heteroatoms. The van der Waals surface area contributed by atoms with E-state index >= 15 is 0 Å². The lowest BCUT2D eigenvalue weighted by atomic mass is 10.2. The molecule has 0 N–H and O–H groups in total. The van der Waals surface area contributed by atoms with E-state index in [1.165, 1.54) is 12.8 Å². The van der Waals surface area contributed by atoms with Gasteiger partial charge in [-0.05, 0) is 48.7 Å². The SMILES string of the molecule is CC(C)[Si](OCCCCOC1CCCCO1)(C(C)C)C(C)C. The van der Waals surface area contributed by atoms with Gasteiger partial charge in [0.1, 0.15) is 0 Å². The second-order valence-electron chi connectivity index (χ2n) is 7.54. The van der Waals surface area contributed by atoms with Gasteiger partial charge in [-0.25, -0.2) is 0 Å². The van der Waals surface area contributed by atoms with Gasteiger partial charge < -0.3 is 13.9 Å². The molecular formula is C18H38O3Si. The summed E-state index contributed by atoms with van der Waals surface area (Å²) in [5, 5.41) is 0. The van der Waals surface area contributed by atoms with Crippen LogP contribution in [0.5, 0.6) is 0 Å². The van der Waals surface area contributed by atoms with E-state index in [2.05, 4.69) is 41.5 Å². The van der Waals surface area contributed by atoms with Gasteiger partial charge in [-0.1, -0.05) is 41.5 Å². The maximum Gasteiger partial charge on any atom is 0.200 e. The van der Waals surface area contributed by atoms with Crippen molar-refractivity contribution in [1.29, 1.82) is 0 Å². The maximum atomic E-state index is 6.56. The molecular weight excluding hydrogens is 292 g/mol. The largest absolute Gasteiger partial charge is 0.416 e. The lowest BCUT2D eigenvalue weighted by Crippen LogP contribution is -2.48. The van der Waals surface area contributed by atoms with Crippen LogP contribution in [0, 0.1) is 0 Å². The summed E-state index contributed by atoms with van der Waals surface area (Å²) in [5.41, 5.74) is 2.00. The molecule has 1 rings (SSSR count). The van der Waals surface area contributed by atoms with E-state index in [0.717, 1.165) is 39.1 Å². The van der Waals surface area contributed by atoms with Gasteiger partial charge in [0.25, 0.3) is 0 Å². The number of rotatable bonds is 10. The van der Waals surface area contributed by atoms with Gasteiger partial charge in [0.2, 0.25) is 0 Å². The minimum absolute atomic E-state index is 0.0464. The van der Waals surface area contributed by atoms with Crippen molar-refractivity contribution in [1.82, 2.24) is 0 Å². The molecule has 0 aromatic heterocycles. The van der Waals surface area contributed by atoms with Crippen molar-refractivity contribution >= 4 is 8.32 Å². The first kappa shape index (κ1) is 20.1. The van der Waals surface area contributed by atoms with Crippen LogP contribution < -0.4 is 0 Å². The minimum atomic E-state index is -1.69. The van der Waals surface area contributed by atoms with Crippen molar-refractivity contribution in [3.05, 3.63) is 0 Å². The third kappa shape index (κ3) is 5.62. The topological polar surface area (TPSA) is 27.7 Å². The molecule has 0 radical (unpaired) electrons. The highest BCUT2D eigenvalue weighted by molar-refractivity contribution is 6.77. The summed E-state index contributed by atoms with van der Waals surface area (Å²) in [6.45, 7) is 16.6. The second kappa shape index (κ2) is 10.1. The zero-order valence-electron chi connectivity index (χ0n) is 15.7. The predicted octanol–water partition coefficient (Wildman–Crippen LogP) is 5.50. The first-order valence-electron chi connectivity index (χ1n) is 9.28. The molecule has 1 heterocycles. The smallest absolute Gasteiger partial charge is 0.200 e. The van der Waals surface area contributed by atoms with Crippen LogP contribution in [0.1, 0.15) is 73.6 Å². The number of unbranched alkanes of at least 4 members (excludes halogenated alkanes) is 1. The zero-order chi connectivity index (χ0) is 16.6. The third-order valence-electron chi connectivity index (χ3n) is 5.04. The first-order chi connectivity index (χ1) is 10.4. The summed E-state index contributed by atoms with van der Waals surface area (Å²) in [7, 11) is -1.69. The van der Waals surface area contributed by atoms with E-state index in [1.54, 1.807) is 0 Å². The Morgan fingerprint density at radius 1 is 0.909 bits per heavy atom. The van der Waals surface area contributed by atoms with Crippen molar-refractivity contribution in [2.45, 2.75) is 96.6 Å². The summed E-state index contributed by atoms with van der Waals surface area (Å²) in [6, 6.07) is 0. The molecule has 0 bridgehead atoms. The van der Waals surface area contributed by atoms with E-state index in [-0.39, 0.29) is 6.29 Å². The molecule has 0 aromatic rings. The molecule has 1 fully saturated rings. The highest BCUT2D eigenvalue weighted by Gasteiger charge is 2.44. The number of hydrogen-bond acceptors (Lipinski definition) is 3. The van der Waals surface area contributed by atoms with Gasteiger partial charge in [-0.2, -0.15) is 0 Å². The zero-order valence-corrected chi connectivity index (χ0v) is 16.7. The Morgan fingerprint density at radius 3 is 2.00 bits per heavy atom. The fraction of sp³-hybridized carbons (Fsp3) is 1.00. The average Bonchev–Trinajstić information content (AvgIpc) is 2.46. The van der Waals surface area contributed by atoms with Crippen molar-refractivity contribution < 1.29 is 13.9 Å². The Morgan fingerprint density at radius 2 is 1.50 bits per heavy atom. The fourth-order valence-electron chi connectivity index (χ4n) is 4.01. The fourth-order valence-corrected chi connectivity index (χ4v) is 9.51. The third-order valence-corrected chi connectivity index (χ3v) is 11.2. The Kier molecular flexibility index (Phi) is 9.21. The van der Waals surface area contributed by atoms with Crippen molar-refractivity contribution in [2.24, 2.45) is 0 Å². The highest BCUT2D eigenvalue weighted by atomic mass is 28.4. The molecule has 0 saturated carbocycles. The van der Waals surface area contributed by atoms with E-state index in [1.807, 2.05) is 0 Å². The van der Waals surface area contributed by atoms with Crippen LogP contribution in [0.2, 0.25) is 16.6 Å². The van der Waals surface area contributed by atoms with Crippen molar-refractivity contribution in [3.8, 4) is 0 Å². The van der Waals surface area contributed by atoms with Crippen LogP contribution in [0.3, 0.4) is 0 Å². The summed E-state index contributed by atoms with van der Waals surface area (Å²) < 4.78 is 17.9. The second-order valence-corrected chi connectivity index (χ2v) is 13.0. The van der Waals surface area contributed by atoms with Gasteiger partial charge >= 0.3 is 0 Å². The van der Waals surface area contributed by atoms with Crippen LogP contribution in [0.25, 0.3) is 0 Å². The maximum absolute atomic E-state index is 6.56. The van der Waals surface area contributed by atoms with Gasteiger partial charge in [0, 0.05) is 19.8 Å². The summed E-state index contributed by atoms with van der Waals surface area (Å²) in [5.74, 6) is 0. The monoisotopic (exact) mass is 330 g/mol. The molecule has 0 spiro atoms. The van der Waals surface area contributed by atoms with Gasteiger partial charge in [-0.3, -0.25) is 0 Å². The van der Waals surface area contributed by atoms with Crippen molar-refractivity contribution in [2.75, 3.05) is 19.8 Å². The lowest BCUT2D eigenvalue weighted by molar-refractivity contribution is -0.163. The van der Waals surface area contributed by atoms with Gasteiger partial charge in [0.15, 0.2) is 14.6 Å². The summed E-state index contributed by atoms with van der Waals surface area (Å²) in [6.07, 6.45) is 5.68. The van der Waals surface area contributed by atoms with Crippen LogP contribution in [-0.4, -0.2) is 34.4 Å². The quantitative estimate of drug-likeness (QED) is 0.391. The summed E-state index contributed by atoms with van der Waals surface area (Å²) in [4.78, 5) is 0. The number of hydrogen-bond donors (Lipinski definition) is 0. The Labute approximate surface area is 139 Å². The summed E-state index contributed by atoms with van der Waals surface area (Å²) >= 11 is 0. The molecule has 1 unspecified atom stereocenters. The molecule has 22 heavy (non-hydrogen) atoms. The average molecular weight is 331 g/mol. The molecule has 0 amide bonds. The van der Waals surface area contributed by atoms with E-state index in [4.69, 9.17) is 13.9 Å². The molecule has 132 valence electrons. The highest BCUT2D eigenvalue weighted by Crippen LogP contribution is 2.42. The van der Waals surface area contributed by atoms with Gasteiger partial charge in [0.05, 0.1) is 0 Å². The molecule has 0 aromatic carbocycles. The van der Waals surface area contributed by atoms with E-state index < -0.39 is 8.32 Å². The first-order valence-corrected chi connectivity index (χ1v) is 11.4. The Bertz CT molecular complexity index is 264. The predicted molar refractivity (Wildman–Crippen MR) is 95.8 cm³/mol. The van der Waals surface area contributed by atoms with E-state index in [9.17, 15) is 0 Å². The Hall–Kier alpha value is 0.0969. The number of ether oxygens (including phenoxy) is 2. The van der Waals surface area contributed by atoms with Crippen LogP contribution >= 0.6 is 0 Å². The van der Waals surface area contributed by atoms with Crippen molar-refractivity contribution in [3.63, 3.8) is 0 Å². The standard InChI is InChI=1S/C18H38O3Si/c1-15(2)22(16(3)4,17(5)6)21-14-10-9-13-20-18-11-7-8-12-19-18/h15-18H,7-14H2,1-6H3. The van der Waals surface area contributed by atoms with Gasteiger partial charge in [-0.15, -0.1) is 0 Å². The Balaban J connectivity index is 2.25.